The first-order valence-electron chi connectivity index (χ1n) is 46.0. The number of rotatable bonds is 24. The Bertz CT molecular complexity index is 4920. The Hall–Kier alpha value is -8.29. The minimum absolute atomic E-state index is 0.0502. The Balaban J connectivity index is 0.000000191. The van der Waals surface area contributed by atoms with Gasteiger partial charge in [-0.1, -0.05) is 214 Å². The molecule has 4 aliphatic rings. The van der Waals surface area contributed by atoms with Crippen molar-refractivity contribution in [2.24, 2.45) is 0 Å². The molecule has 12 rings (SSSR count). The molecule has 4 saturated heterocycles. The van der Waals surface area contributed by atoms with Crippen molar-refractivity contribution in [2.75, 3.05) is 73.0 Å². The summed E-state index contributed by atoms with van der Waals surface area (Å²) in [4.78, 5) is 64.8. The van der Waals surface area contributed by atoms with Gasteiger partial charge in [0.1, 0.15) is 23.0 Å². The highest BCUT2D eigenvalue weighted by Gasteiger charge is 2.44. The Morgan fingerprint density at radius 3 is 0.921 bits per heavy atom. The number of carbonyl (C=O) groups is 4. The van der Waals surface area contributed by atoms with E-state index < -0.39 is 25.0 Å². The standard InChI is InChI=1S/C30H44N2O2Si.C28H42N2O2Si.C27H40N2O2Si.C22H28N2O2/c1-10-18-31-20-23(3)32(21-22(31)2)29(26-16-14-25(15-17-26)24(4)33)27-12-11-13-28(19-27)34-35(8,9)30(5,6)7;1-20-19-30(21(2)18-29(20)7)27(24-15-13-23(14-16-24)22(3)31)25-11-10-12-26(17-25)32-33(8,9)28(4,5)6;1-19-18-29(20(2)17-28-19)26(23-14-12-22(13-15-23)21(3)30)24-10-9-11-25(16-24)31-32(7,8)27(4,5)6;1-15-14-24(16(2)13-23(15)4)22(20-6-5-7-21(26)12-20)19-10-8-18(9-11-19)17(3)25/h10-17,19,22-23,29H,1,18,20-21H2,2-9H3;10-17,20-21,27H,18-19H2,1-9H3;9-16,19-20,26,28H,17-18H2,1-8H3;5-12,15-16,22,26H,13-14H2,1-4H3/t22-,23+,29-;20-,21+,27-;19-,20+,26-;15-,16+,22-/m1111/s1. The molecule has 0 amide bonds. The third-order valence-electron chi connectivity index (χ3n) is 28.1. The molecular weight excluding hydrogens is 1610 g/mol. The molecule has 0 aromatic heterocycles. The average Bonchev–Trinajstić information content (AvgIpc) is 0.789. The van der Waals surface area contributed by atoms with E-state index in [1.165, 1.54) is 33.4 Å². The van der Waals surface area contributed by atoms with Crippen LogP contribution in [-0.2, 0) is 0 Å². The molecule has 126 heavy (non-hydrogen) atoms. The fourth-order valence-electron chi connectivity index (χ4n) is 17.0. The minimum Gasteiger partial charge on any atom is -0.543 e. The summed E-state index contributed by atoms with van der Waals surface area (Å²) in [5.74, 6) is 3.51. The van der Waals surface area contributed by atoms with Gasteiger partial charge in [-0.05, 0) is 245 Å². The van der Waals surface area contributed by atoms with Crippen LogP contribution < -0.4 is 18.6 Å². The zero-order chi connectivity index (χ0) is 93.0. The lowest BCUT2D eigenvalue weighted by molar-refractivity contribution is 0.0306. The molecule has 8 aromatic carbocycles. The van der Waals surface area contributed by atoms with Gasteiger partial charge in [0, 0.05) is 129 Å². The van der Waals surface area contributed by atoms with Gasteiger partial charge in [0.2, 0.25) is 25.0 Å². The van der Waals surface area contributed by atoms with Crippen LogP contribution in [0.25, 0.3) is 0 Å². The topological polar surface area (TPSA) is 151 Å². The second-order valence-corrected chi connectivity index (χ2v) is 55.6. The van der Waals surface area contributed by atoms with Crippen molar-refractivity contribution >= 4 is 48.1 Å². The number of phenolic OH excluding ortho intramolecular Hbond substituents is 1. The van der Waals surface area contributed by atoms with Crippen molar-refractivity contribution < 1.29 is 37.6 Å². The number of likely N-dealkylation sites (N-methyl/N-ethyl adjacent to an activating group) is 2. The van der Waals surface area contributed by atoms with Gasteiger partial charge in [0.25, 0.3) is 0 Å². The van der Waals surface area contributed by atoms with Crippen molar-refractivity contribution in [1.29, 1.82) is 0 Å². The maximum Gasteiger partial charge on any atom is 0.250 e. The number of nitrogens with zero attached hydrogens (tertiary/aromatic N) is 7. The normalized spacial score (nSPS) is 21.6. The Labute approximate surface area is 762 Å². The molecule has 0 saturated carbocycles. The van der Waals surface area contributed by atoms with E-state index in [9.17, 15) is 24.3 Å². The minimum atomic E-state index is -1.95. The van der Waals surface area contributed by atoms with Crippen LogP contribution in [0, 0.1) is 0 Å². The van der Waals surface area contributed by atoms with E-state index >= 15 is 0 Å². The molecule has 0 bridgehead atoms. The van der Waals surface area contributed by atoms with E-state index in [4.69, 9.17) is 13.3 Å². The molecule has 4 aliphatic heterocycles. The molecule has 0 aliphatic carbocycles. The zero-order valence-corrected chi connectivity index (χ0v) is 85.0. The largest absolute Gasteiger partial charge is 0.543 e. The number of ketones is 4. The molecule has 16 nitrogen and oxygen atoms in total. The SMILES string of the molecule is C=CCN1C[C@H](C)N([C@H](c2ccc(C(C)=O)cc2)c2cccc(O[Si](C)(C)C(C)(C)C)c2)C[C@H]1C.CC(=O)c1ccc([C@H](c2cccc(O)c2)N2C[C@@H](C)N(C)C[C@@H]2C)cc1.CC(=O)c1ccc([C@H](c2cccc(O[Si](C)(C)C(C)(C)C)c2)N2C[C@@H](C)N(C)C[C@@H]2C)cc1.CC(=O)c1ccc([C@H](c2cccc(O[Si](C)(C)C(C)(C)C)c2)N2C[C@@H](C)NC[C@@H]2C)cc1. The van der Waals surface area contributed by atoms with Gasteiger partial charge in [-0.3, -0.25) is 43.7 Å². The van der Waals surface area contributed by atoms with Gasteiger partial charge < -0.3 is 33.5 Å². The van der Waals surface area contributed by atoms with E-state index in [-0.39, 0.29) is 68.2 Å². The number of hydrogen-bond donors (Lipinski definition) is 2. The summed E-state index contributed by atoms with van der Waals surface area (Å²) in [6.45, 7) is 71.6. The summed E-state index contributed by atoms with van der Waals surface area (Å²) in [6.07, 6.45) is 2.00. The highest BCUT2D eigenvalue weighted by atomic mass is 28.4. The fraction of sp³-hybridized carbons (Fsp3) is 0.495. The average molecular weight is 1760 g/mol. The third kappa shape index (κ3) is 26.1. The zero-order valence-electron chi connectivity index (χ0n) is 82.0. The second kappa shape index (κ2) is 43.0. The number of piperazine rings is 4. The number of carbonyl (C=O) groups excluding carboxylic acids is 4. The number of nitrogens with one attached hydrogen (secondary N) is 1. The smallest absolute Gasteiger partial charge is 0.250 e. The van der Waals surface area contributed by atoms with E-state index in [1.807, 2.05) is 78.9 Å². The predicted molar refractivity (Wildman–Crippen MR) is 532 cm³/mol. The summed E-state index contributed by atoms with van der Waals surface area (Å²) < 4.78 is 20.0. The van der Waals surface area contributed by atoms with Gasteiger partial charge in [-0.2, -0.15) is 0 Å². The number of benzene rings is 8. The van der Waals surface area contributed by atoms with E-state index in [1.54, 1.807) is 33.8 Å². The van der Waals surface area contributed by atoms with Crippen LogP contribution in [-0.4, -0.2) is 209 Å². The van der Waals surface area contributed by atoms with E-state index in [0.29, 0.717) is 48.3 Å². The lowest BCUT2D eigenvalue weighted by atomic mass is 9.92. The molecule has 4 fully saturated rings. The molecule has 12 atom stereocenters. The number of hydrogen-bond acceptors (Lipinski definition) is 16. The summed E-state index contributed by atoms with van der Waals surface area (Å²) in [6, 6.07) is 69.6. The lowest BCUT2D eigenvalue weighted by Crippen LogP contribution is -2.57. The lowest BCUT2D eigenvalue weighted by Gasteiger charge is -2.47. The van der Waals surface area contributed by atoms with Crippen LogP contribution in [0.2, 0.25) is 54.4 Å². The molecule has 2 N–H and O–H groups in total. The highest BCUT2D eigenvalue weighted by Crippen LogP contribution is 2.45. The Kier molecular flexibility index (Phi) is 34.6. The fourth-order valence-corrected chi connectivity index (χ4v) is 20.0. The highest BCUT2D eigenvalue weighted by molar-refractivity contribution is 6.75. The number of Topliss-reactive ketones (excluding diaryl/α,β-unsaturated/α-hetero) is 4. The first-order chi connectivity index (χ1) is 58.9. The van der Waals surface area contributed by atoms with E-state index in [2.05, 4.69) is 333 Å². The molecule has 0 unspecified atom stereocenters. The molecule has 682 valence electrons. The first-order valence-corrected chi connectivity index (χ1v) is 54.7. The summed E-state index contributed by atoms with van der Waals surface area (Å²) >= 11 is 0. The molecular formula is C107H154N8O8Si3. The number of phenols is 1. The summed E-state index contributed by atoms with van der Waals surface area (Å²) in [5.41, 5.74) is 12.5. The molecule has 19 heteroatoms. The monoisotopic (exact) mass is 1760 g/mol. The number of aromatic hydroxyl groups is 1. The van der Waals surface area contributed by atoms with Gasteiger partial charge in [-0.15, -0.1) is 6.58 Å². The van der Waals surface area contributed by atoms with Crippen LogP contribution in [0.1, 0.15) is 256 Å². The summed E-state index contributed by atoms with van der Waals surface area (Å²) in [5, 5.41) is 14.0. The predicted octanol–water partition coefficient (Wildman–Crippen LogP) is 23.1. The van der Waals surface area contributed by atoms with Crippen LogP contribution >= 0.6 is 0 Å². The van der Waals surface area contributed by atoms with Crippen molar-refractivity contribution in [2.45, 2.75) is 272 Å². The molecule has 0 spiro atoms. The van der Waals surface area contributed by atoms with Crippen LogP contribution in [0.3, 0.4) is 0 Å². The van der Waals surface area contributed by atoms with Gasteiger partial charge in [0.15, 0.2) is 23.1 Å². The van der Waals surface area contributed by atoms with Crippen LogP contribution in [0.5, 0.6) is 23.0 Å². The second-order valence-electron chi connectivity index (χ2n) is 41.4. The van der Waals surface area contributed by atoms with Gasteiger partial charge in [-0.25, -0.2) is 0 Å². The molecule has 0 radical (unpaired) electrons. The van der Waals surface area contributed by atoms with Crippen molar-refractivity contribution in [3.05, 3.63) is 274 Å². The van der Waals surface area contributed by atoms with Gasteiger partial charge in [0.05, 0.1) is 24.2 Å². The third-order valence-corrected chi connectivity index (χ3v) is 41.2. The quantitative estimate of drug-likeness (QED) is 0.0335. The van der Waals surface area contributed by atoms with Crippen molar-refractivity contribution in [1.82, 2.24) is 39.6 Å². The van der Waals surface area contributed by atoms with Crippen LogP contribution in [0.15, 0.2) is 207 Å². The van der Waals surface area contributed by atoms with Gasteiger partial charge >= 0.3 is 0 Å². The summed E-state index contributed by atoms with van der Waals surface area (Å²) in [7, 11) is -1.43. The maximum absolute atomic E-state index is 11.9. The maximum atomic E-state index is 11.9. The molecule has 4 heterocycles. The Morgan fingerprint density at radius 1 is 0.373 bits per heavy atom. The molecule has 8 aromatic rings. The van der Waals surface area contributed by atoms with E-state index in [0.717, 1.165) is 110 Å². The van der Waals surface area contributed by atoms with Crippen LogP contribution in [0.4, 0.5) is 0 Å². The van der Waals surface area contributed by atoms with Crippen molar-refractivity contribution in [3.8, 4) is 23.0 Å². The first kappa shape index (κ1) is 101. The Morgan fingerprint density at radius 2 is 0.643 bits per heavy atom. The van der Waals surface area contributed by atoms with Crippen molar-refractivity contribution in [3.63, 3.8) is 0 Å².